The van der Waals surface area contributed by atoms with Gasteiger partial charge in [-0.15, -0.1) is 0 Å². The molecule has 0 aliphatic carbocycles. The number of rotatable bonds is 8. The fourth-order valence-corrected chi connectivity index (χ4v) is 4.81. The van der Waals surface area contributed by atoms with Crippen molar-refractivity contribution in [3.63, 3.8) is 0 Å². The van der Waals surface area contributed by atoms with Gasteiger partial charge in [0.05, 0.1) is 21.7 Å². The van der Waals surface area contributed by atoms with Crippen LogP contribution in [0.25, 0.3) is 11.0 Å². The lowest BCUT2D eigenvalue weighted by molar-refractivity contribution is -0.115. The summed E-state index contributed by atoms with van der Waals surface area (Å²) in [5.74, 6) is -0.284. The van der Waals surface area contributed by atoms with Crippen LogP contribution in [0.4, 0.5) is 0 Å². The number of aromatic nitrogens is 2. The van der Waals surface area contributed by atoms with E-state index >= 15 is 0 Å². The molecule has 1 aromatic carbocycles. The Bertz CT molecular complexity index is 842. The lowest BCUT2D eigenvalue weighted by atomic mass is 10.3. The molecule has 2 aromatic rings. The Balaban J connectivity index is 2.50. The minimum atomic E-state index is -3.53. The predicted octanol–water partition coefficient (Wildman–Crippen LogP) is 1.66. The number of amides is 1. The van der Waals surface area contributed by atoms with Gasteiger partial charge in [0.2, 0.25) is 15.9 Å². The number of hydrogen-bond acceptors (Lipinski definition) is 5. The second kappa shape index (κ2) is 7.54. The maximum Gasteiger partial charge on any atom is 0.243 e. The van der Waals surface area contributed by atoms with Crippen molar-refractivity contribution in [1.82, 2.24) is 13.9 Å². The Morgan fingerprint density at radius 3 is 2.50 bits per heavy atom. The number of sulfonamides is 1. The van der Waals surface area contributed by atoms with E-state index in [4.69, 9.17) is 5.73 Å². The molecule has 1 heterocycles. The molecule has 0 saturated carbocycles. The Labute approximate surface area is 146 Å². The zero-order chi connectivity index (χ0) is 17.9. The highest BCUT2D eigenvalue weighted by Crippen LogP contribution is 2.27. The van der Waals surface area contributed by atoms with Crippen LogP contribution in [0, 0.1) is 0 Å². The van der Waals surface area contributed by atoms with Gasteiger partial charge in [-0.25, -0.2) is 13.4 Å². The minimum absolute atomic E-state index is 0.133. The number of benzene rings is 1. The van der Waals surface area contributed by atoms with Crippen molar-refractivity contribution in [3.8, 4) is 0 Å². The van der Waals surface area contributed by atoms with Gasteiger partial charge >= 0.3 is 0 Å². The second-order valence-corrected chi connectivity index (χ2v) is 8.01. The molecule has 0 spiro atoms. The SMILES string of the molecule is CCN(CC)S(=O)(=O)c1ccc2c(c1)nc(SCC(N)=O)n2CC. The molecule has 0 radical (unpaired) electrons. The average Bonchev–Trinajstić information content (AvgIpc) is 2.90. The van der Waals surface area contributed by atoms with Crippen molar-refractivity contribution in [3.05, 3.63) is 18.2 Å². The maximum atomic E-state index is 12.6. The fourth-order valence-electron chi connectivity index (χ4n) is 2.51. The first-order valence-corrected chi connectivity index (χ1v) is 10.2. The number of fused-ring (bicyclic) bond motifs is 1. The van der Waals surface area contributed by atoms with Gasteiger partial charge in [0.15, 0.2) is 5.16 Å². The summed E-state index contributed by atoms with van der Waals surface area (Å²) in [5.41, 5.74) is 6.62. The monoisotopic (exact) mass is 370 g/mol. The zero-order valence-electron chi connectivity index (χ0n) is 14.0. The Morgan fingerprint density at radius 1 is 1.29 bits per heavy atom. The summed E-state index contributed by atoms with van der Waals surface area (Å²) in [5, 5.41) is 0.656. The van der Waals surface area contributed by atoms with Crippen LogP contribution >= 0.6 is 11.8 Å². The van der Waals surface area contributed by atoms with Crippen LogP contribution in [-0.2, 0) is 21.4 Å². The average molecular weight is 371 g/mol. The fraction of sp³-hybridized carbons (Fsp3) is 0.467. The van der Waals surface area contributed by atoms with Crippen LogP contribution in [0.15, 0.2) is 28.3 Å². The smallest absolute Gasteiger partial charge is 0.243 e. The molecule has 0 fully saturated rings. The van der Waals surface area contributed by atoms with Crippen LogP contribution in [-0.4, -0.2) is 47.0 Å². The quantitative estimate of drug-likeness (QED) is 0.713. The molecule has 2 N–H and O–H groups in total. The summed E-state index contributed by atoms with van der Waals surface area (Å²) in [4.78, 5) is 15.7. The van der Waals surface area contributed by atoms with E-state index in [-0.39, 0.29) is 10.6 Å². The number of imidazole rings is 1. The van der Waals surface area contributed by atoms with E-state index in [0.29, 0.717) is 30.3 Å². The summed E-state index contributed by atoms with van der Waals surface area (Å²) in [6.45, 7) is 7.09. The topological polar surface area (TPSA) is 98.3 Å². The van der Waals surface area contributed by atoms with E-state index in [0.717, 1.165) is 5.52 Å². The van der Waals surface area contributed by atoms with Crippen molar-refractivity contribution < 1.29 is 13.2 Å². The van der Waals surface area contributed by atoms with Gasteiger partial charge < -0.3 is 10.3 Å². The third kappa shape index (κ3) is 3.57. The lowest BCUT2D eigenvalue weighted by Crippen LogP contribution is -2.30. The van der Waals surface area contributed by atoms with Crippen LogP contribution in [0.3, 0.4) is 0 Å². The normalized spacial score (nSPS) is 12.2. The van der Waals surface area contributed by atoms with Crippen LogP contribution in [0.5, 0.6) is 0 Å². The summed E-state index contributed by atoms with van der Waals surface area (Å²) in [6, 6.07) is 4.95. The first-order valence-electron chi connectivity index (χ1n) is 7.76. The zero-order valence-corrected chi connectivity index (χ0v) is 15.7. The molecule has 0 saturated heterocycles. The van der Waals surface area contributed by atoms with E-state index in [1.54, 1.807) is 18.2 Å². The Morgan fingerprint density at radius 2 is 1.96 bits per heavy atom. The molecule has 1 aromatic heterocycles. The van der Waals surface area contributed by atoms with E-state index in [1.165, 1.54) is 16.1 Å². The summed E-state index contributed by atoms with van der Waals surface area (Å²) < 4.78 is 28.6. The van der Waals surface area contributed by atoms with Crippen LogP contribution < -0.4 is 5.73 Å². The number of nitrogens with zero attached hydrogens (tertiary/aromatic N) is 3. The molecular formula is C15H22N4O3S2. The number of hydrogen-bond donors (Lipinski definition) is 1. The number of nitrogens with two attached hydrogens (primary N) is 1. The molecule has 7 nitrogen and oxygen atoms in total. The molecule has 0 atom stereocenters. The van der Waals surface area contributed by atoms with Crippen molar-refractivity contribution >= 4 is 38.7 Å². The lowest BCUT2D eigenvalue weighted by Gasteiger charge is -2.18. The molecule has 0 aliphatic heterocycles. The van der Waals surface area contributed by atoms with Gasteiger partial charge in [-0.05, 0) is 25.1 Å². The molecule has 0 bridgehead atoms. The standard InChI is InChI=1S/C15H22N4O3S2/c1-4-18(5-2)24(21,22)11-7-8-13-12(9-11)17-15(19(13)6-3)23-10-14(16)20/h7-9H,4-6,10H2,1-3H3,(H2,16,20). The van der Waals surface area contributed by atoms with Crippen molar-refractivity contribution in [2.24, 2.45) is 5.73 Å². The highest BCUT2D eigenvalue weighted by molar-refractivity contribution is 7.99. The highest BCUT2D eigenvalue weighted by atomic mass is 32.2. The predicted molar refractivity (Wildman–Crippen MR) is 95.4 cm³/mol. The van der Waals surface area contributed by atoms with Crippen molar-refractivity contribution in [1.29, 1.82) is 0 Å². The number of carbonyl (C=O) groups is 1. The van der Waals surface area contributed by atoms with Gasteiger partial charge in [-0.1, -0.05) is 25.6 Å². The first kappa shape index (κ1) is 18.8. The molecular weight excluding hydrogens is 348 g/mol. The summed E-state index contributed by atoms with van der Waals surface area (Å²) in [7, 11) is -3.53. The highest BCUT2D eigenvalue weighted by Gasteiger charge is 2.23. The second-order valence-electron chi connectivity index (χ2n) is 5.13. The summed E-state index contributed by atoms with van der Waals surface area (Å²) >= 11 is 1.25. The van der Waals surface area contributed by atoms with Crippen molar-refractivity contribution in [2.45, 2.75) is 37.4 Å². The van der Waals surface area contributed by atoms with Crippen LogP contribution in [0.1, 0.15) is 20.8 Å². The maximum absolute atomic E-state index is 12.6. The van der Waals surface area contributed by atoms with Crippen LogP contribution in [0.2, 0.25) is 0 Å². The van der Waals surface area contributed by atoms with Gasteiger partial charge in [0, 0.05) is 19.6 Å². The molecule has 132 valence electrons. The molecule has 0 aliphatic rings. The minimum Gasteiger partial charge on any atom is -0.369 e. The third-order valence-corrected chi connectivity index (χ3v) is 6.73. The van der Waals surface area contributed by atoms with E-state index < -0.39 is 15.9 Å². The summed E-state index contributed by atoms with van der Waals surface area (Å²) in [6.07, 6.45) is 0. The van der Waals surface area contributed by atoms with Gasteiger partial charge in [0.1, 0.15) is 0 Å². The van der Waals surface area contributed by atoms with E-state index in [2.05, 4.69) is 4.98 Å². The van der Waals surface area contributed by atoms with E-state index in [9.17, 15) is 13.2 Å². The molecule has 2 rings (SSSR count). The number of carbonyl (C=O) groups excluding carboxylic acids is 1. The van der Waals surface area contributed by atoms with Crippen molar-refractivity contribution in [2.75, 3.05) is 18.8 Å². The van der Waals surface area contributed by atoms with Gasteiger partial charge in [-0.2, -0.15) is 4.31 Å². The molecule has 9 heteroatoms. The molecule has 24 heavy (non-hydrogen) atoms. The third-order valence-electron chi connectivity index (χ3n) is 3.69. The molecule has 0 unspecified atom stereocenters. The largest absolute Gasteiger partial charge is 0.369 e. The Hall–Kier alpha value is -1.58. The first-order chi connectivity index (χ1) is 11.3. The number of thioether (sulfide) groups is 1. The number of aryl methyl sites for hydroxylation is 1. The Kier molecular flexibility index (Phi) is 5.89. The van der Waals surface area contributed by atoms with Gasteiger partial charge in [-0.3, -0.25) is 4.79 Å². The number of primary amides is 1. The van der Waals surface area contributed by atoms with Gasteiger partial charge in [0.25, 0.3) is 0 Å². The molecule has 1 amide bonds. The van der Waals surface area contributed by atoms with E-state index in [1.807, 2.05) is 25.3 Å².